The molecule has 5 fully saturated rings. The van der Waals surface area contributed by atoms with Crippen LogP contribution in [0.3, 0.4) is 0 Å². The zero-order chi connectivity index (χ0) is 26.8. The van der Waals surface area contributed by atoms with Gasteiger partial charge in [0.25, 0.3) is 0 Å². The fourth-order valence-electron chi connectivity index (χ4n) is 7.48. The van der Waals surface area contributed by atoms with Crippen molar-refractivity contribution in [2.24, 2.45) is 11.7 Å². The first-order valence-corrected chi connectivity index (χ1v) is 15.0. The molecule has 216 valence electrons. The zero-order valence-electron chi connectivity index (χ0n) is 23.1. The average Bonchev–Trinajstić information content (AvgIpc) is 3.43. The molecule has 0 radical (unpaired) electrons. The lowest BCUT2D eigenvalue weighted by atomic mass is 9.76. The Morgan fingerprint density at radius 1 is 1.08 bits per heavy atom. The lowest BCUT2D eigenvalue weighted by Gasteiger charge is -2.45. The second-order valence-electron chi connectivity index (χ2n) is 12.8. The number of fused-ring (bicyclic) bond motifs is 2. The van der Waals surface area contributed by atoms with E-state index in [1.54, 1.807) is 0 Å². The van der Waals surface area contributed by atoms with Gasteiger partial charge in [0.15, 0.2) is 0 Å². The van der Waals surface area contributed by atoms with E-state index in [0.717, 1.165) is 31.1 Å². The first kappa shape index (κ1) is 26.4. The van der Waals surface area contributed by atoms with Gasteiger partial charge in [-0.3, -0.25) is 20.9 Å². The number of nitrogens with one attached hydrogen (secondary N) is 5. The normalized spacial score (nSPS) is 42.5. The van der Waals surface area contributed by atoms with Crippen molar-refractivity contribution in [2.45, 2.75) is 113 Å². The Balaban J connectivity index is 0.880. The lowest BCUT2D eigenvalue weighted by molar-refractivity contribution is -0.119. The summed E-state index contributed by atoms with van der Waals surface area (Å²) in [5.41, 5.74) is 10.2. The molecule has 39 heavy (non-hydrogen) atoms. The van der Waals surface area contributed by atoms with Crippen LogP contribution in [-0.2, 0) is 4.74 Å². The second kappa shape index (κ2) is 10.4. The molecule has 3 saturated heterocycles. The maximum atomic E-state index is 11.0. The van der Waals surface area contributed by atoms with E-state index in [1.165, 1.54) is 36.2 Å². The quantitative estimate of drug-likeness (QED) is 0.226. The van der Waals surface area contributed by atoms with Crippen molar-refractivity contribution in [1.29, 1.82) is 0 Å². The highest BCUT2D eigenvalue weighted by Crippen LogP contribution is 2.44. The molecular formula is C28H46N8O3. The summed E-state index contributed by atoms with van der Waals surface area (Å²) < 4.78 is 6.38. The molecule has 1 aromatic rings. The highest BCUT2D eigenvalue weighted by Gasteiger charge is 2.53. The number of hydrogen-bond acceptors (Lipinski definition) is 11. The minimum atomic E-state index is -0.968. The summed E-state index contributed by atoms with van der Waals surface area (Å²) >= 11 is 0. The van der Waals surface area contributed by atoms with E-state index in [0.29, 0.717) is 25.5 Å². The van der Waals surface area contributed by atoms with Crippen molar-refractivity contribution < 1.29 is 14.9 Å². The Morgan fingerprint density at radius 3 is 2.67 bits per heavy atom. The van der Waals surface area contributed by atoms with Gasteiger partial charge in [-0.25, -0.2) is 4.90 Å². The second-order valence-corrected chi connectivity index (χ2v) is 12.8. The topological polar surface area (TPSA) is 142 Å². The average molecular weight is 543 g/mol. The van der Waals surface area contributed by atoms with Gasteiger partial charge in [0.1, 0.15) is 24.5 Å². The van der Waals surface area contributed by atoms with E-state index in [2.05, 4.69) is 68.6 Å². The highest BCUT2D eigenvalue weighted by molar-refractivity contribution is 5.75. The third kappa shape index (κ3) is 4.85. The predicted molar refractivity (Wildman–Crippen MR) is 150 cm³/mol. The van der Waals surface area contributed by atoms with Crippen LogP contribution in [0.25, 0.3) is 0 Å². The standard InChI is InChI=1S/C28H46N8O3/c1-14(25-23(37)24(38)28(39-25)36-13-32-22-26(29)30-12-31-27(22)36)35(2)18-9-15(10-18)3-8-21-33-19-7-6-17(16-4-5-16)11-20(19)34-21/h6-7,11,14-16,18,21-28,30-34,37-38H,3-5,8-10,12-13,29H2,1-2H3/t14-,15-,18-,21?,22?,23+,24-,25?,26?,27?,28-/m1/s1. The molecule has 9 N–H and O–H groups in total. The van der Waals surface area contributed by atoms with Crippen LogP contribution < -0.4 is 32.3 Å². The molecule has 2 saturated carbocycles. The van der Waals surface area contributed by atoms with Crippen LogP contribution in [0.2, 0.25) is 0 Å². The van der Waals surface area contributed by atoms with Crippen molar-refractivity contribution in [3.05, 3.63) is 23.8 Å². The molecule has 4 aliphatic heterocycles. The van der Waals surface area contributed by atoms with E-state index >= 15 is 0 Å². The van der Waals surface area contributed by atoms with E-state index in [9.17, 15) is 10.2 Å². The molecule has 5 unspecified atom stereocenters. The summed E-state index contributed by atoms with van der Waals surface area (Å²) in [6, 6.07) is 7.35. The molecule has 6 aliphatic rings. The van der Waals surface area contributed by atoms with Gasteiger partial charge in [0.05, 0.1) is 42.6 Å². The SMILES string of the molecule is C[C@H](C1O[C@@H](N2CNC3C(N)NCNC32)[C@H](O)[C@@H]1O)N(C)[C@H]1C[C@H](CCC2Nc3ccc(C4CC4)cc3N2)C1. The third-order valence-electron chi connectivity index (χ3n) is 10.4. The largest absolute Gasteiger partial charge is 0.387 e. The number of likely N-dealkylation sites (N-methyl/N-ethyl adjacent to an activating group) is 1. The van der Waals surface area contributed by atoms with Crippen LogP contribution in [-0.4, -0.2) is 102 Å². The van der Waals surface area contributed by atoms with Gasteiger partial charge in [-0.15, -0.1) is 0 Å². The number of nitrogens with zero attached hydrogens (tertiary/aromatic N) is 2. The summed E-state index contributed by atoms with van der Waals surface area (Å²) in [5.74, 6) is 1.50. The molecule has 0 aromatic heterocycles. The molecule has 0 bridgehead atoms. The van der Waals surface area contributed by atoms with Crippen molar-refractivity contribution in [1.82, 2.24) is 25.8 Å². The number of benzene rings is 1. The summed E-state index contributed by atoms with van der Waals surface area (Å²) in [6.07, 6.45) is 4.47. The van der Waals surface area contributed by atoms with Crippen LogP contribution in [0.15, 0.2) is 18.2 Å². The monoisotopic (exact) mass is 542 g/mol. The van der Waals surface area contributed by atoms with Crippen LogP contribution in [0.4, 0.5) is 11.4 Å². The van der Waals surface area contributed by atoms with Crippen molar-refractivity contribution in [3.8, 4) is 0 Å². The van der Waals surface area contributed by atoms with Crippen molar-refractivity contribution in [3.63, 3.8) is 0 Å². The fourth-order valence-corrected chi connectivity index (χ4v) is 7.48. The Hall–Kier alpha value is -1.54. The van der Waals surface area contributed by atoms with Crippen LogP contribution in [0.5, 0.6) is 0 Å². The van der Waals surface area contributed by atoms with Gasteiger partial charge in [-0.05, 0) is 82.0 Å². The first-order chi connectivity index (χ1) is 18.9. The molecule has 11 nitrogen and oxygen atoms in total. The molecule has 1 aromatic carbocycles. The first-order valence-electron chi connectivity index (χ1n) is 15.0. The van der Waals surface area contributed by atoms with Gasteiger partial charge in [-0.2, -0.15) is 0 Å². The Bertz CT molecular complexity index is 1040. The van der Waals surface area contributed by atoms with E-state index < -0.39 is 24.5 Å². The Morgan fingerprint density at radius 2 is 1.87 bits per heavy atom. The van der Waals surface area contributed by atoms with Gasteiger partial charge in [-0.1, -0.05) is 6.07 Å². The minimum absolute atomic E-state index is 0.00599. The van der Waals surface area contributed by atoms with Gasteiger partial charge in [0.2, 0.25) is 0 Å². The number of rotatable bonds is 8. The van der Waals surface area contributed by atoms with Crippen LogP contribution in [0, 0.1) is 5.92 Å². The molecule has 0 amide bonds. The number of aliphatic hydroxyl groups is 2. The number of nitrogens with two attached hydrogens (primary N) is 1. The van der Waals surface area contributed by atoms with E-state index in [4.69, 9.17) is 10.5 Å². The highest BCUT2D eigenvalue weighted by atomic mass is 16.6. The van der Waals surface area contributed by atoms with Crippen molar-refractivity contribution >= 4 is 11.4 Å². The smallest absolute Gasteiger partial charge is 0.142 e. The van der Waals surface area contributed by atoms with Crippen molar-refractivity contribution in [2.75, 3.05) is 31.0 Å². The molecule has 2 aliphatic carbocycles. The Labute approximate surface area is 231 Å². The molecule has 9 atom stereocenters. The molecule has 4 heterocycles. The third-order valence-corrected chi connectivity index (χ3v) is 10.4. The molecular weight excluding hydrogens is 496 g/mol. The number of aliphatic hydroxyl groups excluding tert-OH is 2. The number of anilines is 2. The van der Waals surface area contributed by atoms with Crippen LogP contribution >= 0.6 is 0 Å². The van der Waals surface area contributed by atoms with Gasteiger partial charge < -0.3 is 31.3 Å². The number of hydrogen-bond donors (Lipinski definition) is 8. The fraction of sp³-hybridized carbons (Fsp3) is 0.786. The molecule has 7 rings (SSSR count). The van der Waals surface area contributed by atoms with Gasteiger partial charge in [0, 0.05) is 18.8 Å². The van der Waals surface area contributed by atoms with Gasteiger partial charge >= 0.3 is 0 Å². The summed E-state index contributed by atoms with van der Waals surface area (Å²) in [5, 5.41) is 39.3. The number of ether oxygens (including phenoxy) is 1. The van der Waals surface area contributed by atoms with E-state index in [-0.39, 0.29) is 24.4 Å². The summed E-state index contributed by atoms with van der Waals surface area (Å²) in [4.78, 5) is 4.41. The van der Waals surface area contributed by atoms with Crippen LogP contribution in [0.1, 0.15) is 56.9 Å². The summed E-state index contributed by atoms with van der Waals surface area (Å²) in [7, 11) is 2.14. The lowest BCUT2D eigenvalue weighted by Crippen LogP contribution is -2.68. The minimum Gasteiger partial charge on any atom is -0.387 e. The maximum absolute atomic E-state index is 11.0. The van der Waals surface area contributed by atoms with E-state index in [1.807, 2.05) is 0 Å². The summed E-state index contributed by atoms with van der Waals surface area (Å²) in [6.45, 7) is 3.25. The maximum Gasteiger partial charge on any atom is 0.142 e. The molecule has 11 heteroatoms. The Kier molecular flexibility index (Phi) is 7.02. The molecule has 0 spiro atoms. The predicted octanol–water partition coefficient (Wildman–Crippen LogP) is 0.0458. The zero-order valence-corrected chi connectivity index (χ0v) is 23.1.